The highest BCUT2D eigenvalue weighted by atomic mass is 35.5. The fourth-order valence-electron chi connectivity index (χ4n) is 2.73. The number of anilines is 1. The number of carbonyl (C=O) groups is 2. The van der Waals surface area contributed by atoms with Crippen molar-refractivity contribution >= 4 is 35.2 Å². The molecule has 0 unspecified atom stereocenters. The van der Waals surface area contributed by atoms with Gasteiger partial charge >= 0.3 is 0 Å². The van der Waals surface area contributed by atoms with Gasteiger partial charge in [-0.2, -0.15) is 0 Å². The van der Waals surface area contributed by atoms with Gasteiger partial charge in [0.05, 0.1) is 26.2 Å². The van der Waals surface area contributed by atoms with Crippen molar-refractivity contribution in [2.75, 3.05) is 31.5 Å². The van der Waals surface area contributed by atoms with E-state index in [9.17, 15) is 9.59 Å². The minimum absolute atomic E-state index is 0.106. The van der Waals surface area contributed by atoms with Gasteiger partial charge in [0.25, 0.3) is 5.91 Å². The Bertz CT molecular complexity index is 815. The number of nitrogens with one attached hydrogen (secondary N) is 3. The third kappa shape index (κ3) is 7.18. The third-order valence-electron chi connectivity index (χ3n) is 4.45. The van der Waals surface area contributed by atoms with Crippen molar-refractivity contribution < 1.29 is 14.5 Å². The number of carbonyl (C=O) groups excluding carboxylic acids is 2. The Morgan fingerprint density at radius 1 is 1.07 bits per heavy atom. The quantitative estimate of drug-likeness (QED) is 0.567. The predicted molar refractivity (Wildman–Crippen MR) is 115 cm³/mol. The van der Waals surface area contributed by atoms with Gasteiger partial charge in [0.1, 0.15) is 0 Å². The zero-order valence-corrected chi connectivity index (χ0v) is 17.1. The molecule has 2 rings (SSSR count). The number of hydrogen-bond donors (Lipinski definition) is 3. The first kappa shape index (κ1) is 21.7. The standard InChI is InChI=1S/C22H26ClN3O2/c1-3-26(4-2)15-14-24-22(28)18-9-11-20(12-10-18)25-21(27)13-8-17-6-5-7-19(23)16-17/h5-13,16H,3-4,14-15H2,1-2H3,(H,24,28)(H,25,27)/p+1/b13-8+. The molecule has 0 saturated carbocycles. The summed E-state index contributed by atoms with van der Waals surface area (Å²) in [5, 5.41) is 6.33. The van der Waals surface area contributed by atoms with Gasteiger partial charge in [-0.1, -0.05) is 23.7 Å². The molecule has 0 bridgehead atoms. The maximum atomic E-state index is 12.2. The van der Waals surface area contributed by atoms with Gasteiger partial charge in [0.15, 0.2) is 0 Å². The first-order chi connectivity index (χ1) is 13.5. The molecule has 2 aromatic rings. The van der Waals surface area contributed by atoms with Crippen LogP contribution >= 0.6 is 11.6 Å². The van der Waals surface area contributed by atoms with Crippen LogP contribution in [0.2, 0.25) is 5.02 Å². The van der Waals surface area contributed by atoms with Crippen molar-refractivity contribution in [3.8, 4) is 0 Å². The van der Waals surface area contributed by atoms with Crippen molar-refractivity contribution in [3.05, 3.63) is 70.8 Å². The van der Waals surface area contributed by atoms with Crippen molar-refractivity contribution in [2.45, 2.75) is 13.8 Å². The molecule has 0 aliphatic heterocycles. The molecule has 0 aromatic heterocycles. The highest BCUT2D eigenvalue weighted by molar-refractivity contribution is 6.30. The van der Waals surface area contributed by atoms with Gasteiger partial charge < -0.3 is 15.5 Å². The van der Waals surface area contributed by atoms with Crippen LogP contribution in [-0.4, -0.2) is 38.0 Å². The van der Waals surface area contributed by atoms with Crippen LogP contribution in [0.25, 0.3) is 6.08 Å². The molecule has 148 valence electrons. The second-order valence-electron chi connectivity index (χ2n) is 6.42. The molecule has 0 atom stereocenters. The monoisotopic (exact) mass is 400 g/mol. The summed E-state index contributed by atoms with van der Waals surface area (Å²) in [5.74, 6) is -0.357. The van der Waals surface area contributed by atoms with Crippen molar-refractivity contribution in [1.82, 2.24) is 5.32 Å². The molecule has 0 aliphatic carbocycles. The highest BCUT2D eigenvalue weighted by Crippen LogP contribution is 2.13. The molecular formula is C22H27ClN3O2+. The number of amides is 2. The summed E-state index contributed by atoms with van der Waals surface area (Å²) in [6.45, 7) is 7.92. The summed E-state index contributed by atoms with van der Waals surface area (Å²) >= 11 is 5.92. The topological polar surface area (TPSA) is 62.6 Å². The van der Waals surface area contributed by atoms with Crippen LogP contribution in [0.4, 0.5) is 5.69 Å². The first-order valence-corrected chi connectivity index (χ1v) is 9.86. The summed E-state index contributed by atoms with van der Waals surface area (Å²) in [4.78, 5) is 25.7. The van der Waals surface area contributed by atoms with Gasteiger partial charge in [0, 0.05) is 22.3 Å². The minimum Gasteiger partial charge on any atom is -0.346 e. The summed E-state index contributed by atoms with van der Waals surface area (Å²) in [6, 6.07) is 14.1. The van der Waals surface area contributed by atoms with Gasteiger partial charge in [0.2, 0.25) is 5.91 Å². The first-order valence-electron chi connectivity index (χ1n) is 9.48. The minimum atomic E-state index is -0.251. The second kappa shape index (κ2) is 11.3. The molecule has 28 heavy (non-hydrogen) atoms. The highest BCUT2D eigenvalue weighted by Gasteiger charge is 2.08. The van der Waals surface area contributed by atoms with E-state index in [1.165, 1.54) is 11.0 Å². The molecular weight excluding hydrogens is 374 g/mol. The normalized spacial score (nSPS) is 11.0. The number of hydrogen-bond acceptors (Lipinski definition) is 2. The van der Waals surface area contributed by atoms with E-state index < -0.39 is 0 Å². The van der Waals surface area contributed by atoms with Crippen LogP contribution in [0.3, 0.4) is 0 Å². The molecule has 0 heterocycles. The molecule has 2 aromatic carbocycles. The molecule has 0 fully saturated rings. The summed E-state index contributed by atoms with van der Waals surface area (Å²) in [5.41, 5.74) is 2.05. The van der Waals surface area contributed by atoms with Crippen molar-refractivity contribution in [3.63, 3.8) is 0 Å². The number of benzene rings is 2. The van der Waals surface area contributed by atoms with Crippen LogP contribution < -0.4 is 15.5 Å². The SMILES string of the molecule is CC[NH+](CC)CCNC(=O)c1ccc(NC(=O)/C=C/c2cccc(Cl)c2)cc1. The lowest BCUT2D eigenvalue weighted by Gasteiger charge is -2.15. The van der Waals surface area contributed by atoms with E-state index in [-0.39, 0.29) is 11.8 Å². The van der Waals surface area contributed by atoms with Gasteiger partial charge in [-0.3, -0.25) is 9.59 Å². The van der Waals surface area contributed by atoms with Crippen LogP contribution in [-0.2, 0) is 4.79 Å². The van der Waals surface area contributed by atoms with E-state index in [1.807, 2.05) is 12.1 Å². The van der Waals surface area contributed by atoms with Crippen LogP contribution in [0, 0.1) is 0 Å². The van der Waals surface area contributed by atoms with Gasteiger partial charge in [-0.15, -0.1) is 0 Å². The van der Waals surface area contributed by atoms with E-state index in [0.717, 1.165) is 25.2 Å². The van der Waals surface area contributed by atoms with E-state index in [2.05, 4.69) is 24.5 Å². The second-order valence-corrected chi connectivity index (χ2v) is 6.85. The van der Waals surface area contributed by atoms with Gasteiger partial charge in [-0.05, 0) is 61.9 Å². The van der Waals surface area contributed by atoms with Crippen molar-refractivity contribution in [2.24, 2.45) is 0 Å². The van der Waals surface area contributed by atoms with Crippen molar-refractivity contribution in [1.29, 1.82) is 0 Å². The number of halogens is 1. The smallest absolute Gasteiger partial charge is 0.251 e. The van der Waals surface area contributed by atoms with Crippen LogP contribution in [0.5, 0.6) is 0 Å². The number of likely N-dealkylation sites (N-methyl/N-ethyl adjacent to an activating group) is 1. The summed E-state index contributed by atoms with van der Waals surface area (Å²) < 4.78 is 0. The lowest BCUT2D eigenvalue weighted by atomic mass is 10.2. The van der Waals surface area contributed by atoms with E-state index in [4.69, 9.17) is 11.6 Å². The van der Waals surface area contributed by atoms with E-state index in [1.54, 1.807) is 42.5 Å². The lowest BCUT2D eigenvalue weighted by Crippen LogP contribution is -3.12. The lowest BCUT2D eigenvalue weighted by molar-refractivity contribution is -0.895. The Kier molecular flexibility index (Phi) is 8.72. The third-order valence-corrected chi connectivity index (χ3v) is 4.69. The Labute approximate surface area is 171 Å². The molecule has 0 saturated heterocycles. The maximum absolute atomic E-state index is 12.2. The Morgan fingerprint density at radius 3 is 2.43 bits per heavy atom. The predicted octanol–water partition coefficient (Wildman–Crippen LogP) is 2.65. The van der Waals surface area contributed by atoms with E-state index in [0.29, 0.717) is 22.8 Å². The Hall–Kier alpha value is -2.63. The fraction of sp³-hybridized carbons (Fsp3) is 0.273. The summed E-state index contributed by atoms with van der Waals surface area (Å²) in [7, 11) is 0. The molecule has 0 spiro atoms. The molecule has 0 aliphatic rings. The number of rotatable bonds is 9. The van der Waals surface area contributed by atoms with Crippen LogP contribution in [0.15, 0.2) is 54.6 Å². The Morgan fingerprint density at radius 2 is 1.79 bits per heavy atom. The van der Waals surface area contributed by atoms with E-state index >= 15 is 0 Å². The molecule has 3 N–H and O–H groups in total. The Balaban J connectivity index is 1.84. The zero-order chi connectivity index (χ0) is 20.4. The molecule has 0 radical (unpaired) electrons. The number of quaternary nitrogens is 1. The fourth-order valence-corrected chi connectivity index (χ4v) is 2.93. The summed E-state index contributed by atoms with van der Waals surface area (Å²) in [6.07, 6.45) is 3.14. The zero-order valence-electron chi connectivity index (χ0n) is 16.3. The average molecular weight is 401 g/mol. The van der Waals surface area contributed by atoms with Crippen LogP contribution in [0.1, 0.15) is 29.8 Å². The van der Waals surface area contributed by atoms with Gasteiger partial charge in [-0.25, -0.2) is 0 Å². The average Bonchev–Trinajstić information content (AvgIpc) is 2.70. The molecule has 6 heteroatoms. The maximum Gasteiger partial charge on any atom is 0.251 e. The molecule has 5 nitrogen and oxygen atoms in total. The largest absolute Gasteiger partial charge is 0.346 e. The molecule has 2 amide bonds.